The molecule has 0 atom stereocenters. The lowest BCUT2D eigenvalue weighted by molar-refractivity contribution is -0.120. The molecule has 3 rings (SSSR count). The van der Waals surface area contributed by atoms with Crippen molar-refractivity contribution in [2.24, 2.45) is 5.16 Å². The molecule has 1 N–H and O–H groups in total. The topological polar surface area (TPSA) is 97.3 Å². The number of anilines is 1. The number of nitrogens with one attached hydrogen (secondary N) is 1. The van der Waals surface area contributed by atoms with Crippen molar-refractivity contribution in [2.45, 2.75) is 9.79 Å². The highest BCUT2D eigenvalue weighted by atomic mass is 35.5. The average Bonchev–Trinajstić information content (AvgIpc) is 2.79. The van der Waals surface area contributed by atoms with Gasteiger partial charge in [-0.2, -0.15) is 4.31 Å². The quantitative estimate of drug-likeness (QED) is 0.352. The molecular formula is C20H22ClN3O5S2. The maximum absolute atomic E-state index is 12.8. The van der Waals surface area contributed by atoms with E-state index in [1.54, 1.807) is 11.8 Å². The number of halogens is 1. The van der Waals surface area contributed by atoms with Crippen LogP contribution >= 0.6 is 23.4 Å². The van der Waals surface area contributed by atoms with E-state index in [0.717, 1.165) is 10.5 Å². The minimum Gasteiger partial charge on any atom is -0.386 e. The molecule has 0 aromatic heterocycles. The molecule has 166 valence electrons. The SMILES string of the molecule is CSc1ccc(/C=N/OCC(=O)Nc2cc(S(=O)(=O)N3CCOCC3)ccc2Cl)cc1. The van der Waals surface area contributed by atoms with Gasteiger partial charge in [0.2, 0.25) is 10.0 Å². The van der Waals surface area contributed by atoms with Crippen molar-refractivity contribution >= 4 is 51.2 Å². The summed E-state index contributed by atoms with van der Waals surface area (Å²) < 4.78 is 32.1. The summed E-state index contributed by atoms with van der Waals surface area (Å²) in [5, 5.41) is 6.55. The van der Waals surface area contributed by atoms with E-state index in [2.05, 4.69) is 10.5 Å². The molecule has 1 amide bonds. The lowest BCUT2D eigenvalue weighted by atomic mass is 10.2. The lowest BCUT2D eigenvalue weighted by Crippen LogP contribution is -2.40. The smallest absolute Gasteiger partial charge is 0.265 e. The van der Waals surface area contributed by atoms with Gasteiger partial charge >= 0.3 is 0 Å². The minimum atomic E-state index is -3.71. The van der Waals surface area contributed by atoms with Crippen LogP contribution in [0.3, 0.4) is 0 Å². The van der Waals surface area contributed by atoms with E-state index in [9.17, 15) is 13.2 Å². The van der Waals surface area contributed by atoms with Crippen molar-refractivity contribution in [3.8, 4) is 0 Å². The van der Waals surface area contributed by atoms with Crippen LogP contribution in [0.5, 0.6) is 0 Å². The first-order valence-electron chi connectivity index (χ1n) is 9.37. The fraction of sp³-hybridized carbons (Fsp3) is 0.300. The predicted molar refractivity (Wildman–Crippen MR) is 121 cm³/mol. The molecule has 1 aliphatic heterocycles. The number of rotatable bonds is 8. The largest absolute Gasteiger partial charge is 0.386 e. The number of ether oxygens (including phenoxy) is 1. The Morgan fingerprint density at radius 1 is 1.26 bits per heavy atom. The molecule has 31 heavy (non-hydrogen) atoms. The summed E-state index contributed by atoms with van der Waals surface area (Å²) in [6, 6.07) is 11.9. The van der Waals surface area contributed by atoms with Gasteiger partial charge < -0.3 is 14.9 Å². The molecule has 0 saturated carbocycles. The number of benzene rings is 2. The number of hydrogen-bond acceptors (Lipinski definition) is 7. The molecule has 0 aliphatic carbocycles. The number of oxime groups is 1. The van der Waals surface area contributed by atoms with Gasteiger partial charge in [0.25, 0.3) is 5.91 Å². The van der Waals surface area contributed by atoms with Gasteiger partial charge in [-0.3, -0.25) is 4.79 Å². The lowest BCUT2D eigenvalue weighted by Gasteiger charge is -2.26. The molecule has 0 spiro atoms. The Labute approximate surface area is 190 Å². The molecule has 0 bridgehead atoms. The summed E-state index contributed by atoms with van der Waals surface area (Å²) in [5.41, 5.74) is 1.02. The van der Waals surface area contributed by atoms with Crippen LogP contribution in [0, 0.1) is 0 Å². The second-order valence-electron chi connectivity index (χ2n) is 6.49. The summed E-state index contributed by atoms with van der Waals surface area (Å²) in [6.45, 7) is 0.888. The van der Waals surface area contributed by atoms with Gasteiger partial charge in [-0.1, -0.05) is 28.9 Å². The Morgan fingerprint density at radius 2 is 1.97 bits per heavy atom. The highest BCUT2D eigenvalue weighted by Gasteiger charge is 2.27. The normalized spacial score (nSPS) is 15.2. The van der Waals surface area contributed by atoms with Crippen LogP contribution in [0.1, 0.15) is 5.56 Å². The molecule has 0 radical (unpaired) electrons. The number of thioether (sulfide) groups is 1. The Morgan fingerprint density at radius 3 is 2.65 bits per heavy atom. The van der Waals surface area contributed by atoms with Crippen molar-refractivity contribution in [1.82, 2.24) is 4.31 Å². The highest BCUT2D eigenvalue weighted by Crippen LogP contribution is 2.27. The maximum atomic E-state index is 12.8. The first-order chi connectivity index (χ1) is 14.9. The molecule has 2 aromatic rings. The first-order valence-corrected chi connectivity index (χ1v) is 12.4. The molecule has 1 aliphatic rings. The molecule has 2 aromatic carbocycles. The van der Waals surface area contributed by atoms with Gasteiger partial charge in [-0.15, -0.1) is 11.8 Å². The third-order valence-electron chi connectivity index (χ3n) is 4.41. The predicted octanol–water partition coefficient (Wildman–Crippen LogP) is 3.07. The van der Waals surface area contributed by atoms with Gasteiger partial charge in [0.1, 0.15) is 0 Å². The van der Waals surface area contributed by atoms with Crippen LogP contribution in [0.2, 0.25) is 5.02 Å². The zero-order chi connectivity index (χ0) is 22.3. The molecule has 1 heterocycles. The average molecular weight is 484 g/mol. The number of nitrogens with zero attached hydrogens (tertiary/aromatic N) is 2. The van der Waals surface area contributed by atoms with Gasteiger partial charge in [-0.25, -0.2) is 8.42 Å². The van der Waals surface area contributed by atoms with Crippen LogP contribution in [0.4, 0.5) is 5.69 Å². The van der Waals surface area contributed by atoms with E-state index in [4.69, 9.17) is 21.2 Å². The van der Waals surface area contributed by atoms with Crippen molar-refractivity contribution in [3.63, 3.8) is 0 Å². The van der Waals surface area contributed by atoms with Crippen molar-refractivity contribution in [1.29, 1.82) is 0 Å². The number of carbonyl (C=O) groups is 1. The molecule has 0 unspecified atom stereocenters. The van der Waals surface area contributed by atoms with E-state index in [1.807, 2.05) is 30.5 Å². The van der Waals surface area contributed by atoms with Crippen molar-refractivity contribution in [2.75, 3.05) is 44.5 Å². The van der Waals surface area contributed by atoms with Crippen LogP contribution in [-0.2, 0) is 24.4 Å². The number of carbonyl (C=O) groups excluding carboxylic acids is 1. The minimum absolute atomic E-state index is 0.0433. The summed E-state index contributed by atoms with van der Waals surface area (Å²) in [4.78, 5) is 18.4. The number of amides is 1. The molecule has 1 saturated heterocycles. The summed E-state index contributed by atoms with van der Waals surface area (Å²) in [5.74, 6) is -0.516. The van der Waals surface area contributed by atoms with E-state index in [-0.39, 0.29) is 35.3 Å². The fourth-order valence-corrected chi connectivity index (χ4v) is 4.77. The number of sulfonamides is 1. The molecule has 8 nitrogen and oxygen atoms in total. The molecular weight excluding hydrogens is 462 g/mol. The van der Waals surface area contributed by atoms with Gasteiger partial charge in [0.15, 0.2) is 6.61 Å². The van der Waals surface area contributed by atoms with Gasteiger partial charge in [0.05, 0.1) is 35.0 Å². The summed E-state index contributed by atoms with van der Waals surface area (Å²) in [7, 11) is -3.71. The molecule has 11 heteroatoms. The fourth-order valence-electron chi connectivity index (χ4n) is 2.77. The first kappa shape index (κ1) is 23.6. The zero-order valence-electron chi connectivity index (χ0n) is 16.8. The highest BCUT2D eigenvalue weighted by molar-refractivity contribution is 7.98. The van der Waals surface area contributed by atoms with Crippen molar-refractivity contribution in [3.05, 3.63) is 53.1 Å². The Balaban J connectivity index is 1.59. The monoisotopic (exact) mass is 483 g/mol. The summed E-state index contributed by atoms with van der Waals surface area (Å²) in [6.07, 6.45) is 3.49. The molecule has 1 fully saturated rings. The second-order valence-corrected chi connectivity index (χ2v) is 9.71. The van der Waals surface area contributed by atoms with E-state index < -0.39 is 15.9 Å². The van der Waals surface area contributed by atoms with Crippen LogP contribution in [-0.4, -0.2) is 64.0 Å². The van der Waals surface area contributed by atoms with Crippen LogP contribution in [0.15, 0.2) is 57.4 Å². The van der Waals surface area contributed by atoms with Crippen molar-refractivity contribution < 1.29 is 22.8 Å². The maximum Gasteiger partial charge on any atom is 0.265 e. The standard InChI is InChI=1S/C20H22ClN3O5S2/c1-30-16-4-2-15(3-5-16)13-22-29-14-20(25)23-19-12-17(6-7-18(19)21)31(26,27)24-8-10-28-11-9-24/h2-7,12-13H,8-11,14H2,1H3,(H,23,25)/b22-13+. The zero-order valence-corrected chi connectivity index (χ0v) is 19.2. The Hall–Kier alpha value is -2.11. The number of morpholine rings is 1. The summed E-state index contributed by atoms with van der Waals surface area (Å²) >= 11 is 7.76. The third kappa shape index (κ3) is 6.44. The van der Waals surface area contributed by atoms with Gasteiger partial charge in [-0.05, 0) is 42.2 Å². The second kappa shape index (κ2) is 11.0. The van der Waals surface area contributed by atoms with E-state index in [1.165, 1.54) is 28.7 Å². The van der Waals surface area contributed by atoms with E-state index >= 15 is 0 Å². The number of hydrogen-bond donors (Lipinski definition) is 1. The van der Waals surface area contributed by atoms with Gasteiger partial charge in [0, 0.05) is 18.0 Å². The van der Waals surface area contributed by atoms with E-state index in [0.29, 0.717) is 13.2 Å². The van der Waals surface area contributed by atoms with Crippen LogP contribution < -0.4 is 5.32 Å². The Kier molecular flexibility index (Phi) is 8.33. The third-order valence-corrected chi connectivity index (χ3v) is 7.38. The van der Waals surface area contributed by atoms with Crippen LogP contribution in [0.25, 0.3) is 0 Å². The Bertz CT molecular complexity index is 1040.